The van der Waals surface area contributed by atoms with Crippen LogP contribution in [0.1, 0.15) is 10.4 Å². The van der Waals surface area contributed by atoms with Crippen molar-refractivity contribution in [2.45, 2.75) is 6.92 Å². The van der Waals surface area contributed by atoms with Crippen molar-refractivity contribution in [2.75, 3.05) is 5.32 Å². The van der Waals surface area contributed by atoms with Crippen LogP contribution >= 0.6 is 35.2 Å². The molecule has 3 aromatic rings. The van der Waals surface area contributed by atoms with Crippen LogP contribution in [0.4, 0.5) is 5.69 Å². The summed E-state index contributed by atoms with van der Waals surface area (Å²) in [6, 6.07) is 16.9. The maximum absolute atomic E-state index is 13.0. The molecule has 2 aromatic heterocycles. The second-order valence-electron chi connectivity index (χ2n) is 5.38. The van der Waals surface area contributed by atoms with E-state index in [4.69, 9.17) is 23.8 Å². The van der Waals surface area contributed by atoms with Gasteiger partial charge in [-0.05, 0) is 36.9 Å². The molecule has 1 aromatic carbocycles. The van der Waals surface area contributed by atoms with E-state index < -0.39 is 0 Å². The molecular formula is C19H15ClN2OS2. The van der Waals surface area contributed by atoms with Gasteiger partial charge in [0.25, 0.3) is 0 Å². The summed E-state index contributed by atoms with van der Waals surface area (Å²) in [5, 5.41) is 16.2. The van der Waals surface area contributed by atoms with Crippen LogP contribution in [0.15, 0.2) is 67.0 Å². The Morgan fingerprint density at radius 1 is 1.08 bits per heavy atom. The Balaban J connectivity index is 2.02. The number of benzene rings is 1. The van der Waals surface area contributed by atoms with Gasteiger partial charge in [0.05, 0.1) is 4.34 Å². The summed E-state index contributed by atoms with van der Waals surface area (Å²) in [6.07, 6.45) is 3.59. The minimum atomic E-state index is -0.169. The molecule has 3 nitrogen and oxygen atoms in total. The SMILES string of the molecule is Cc1ccc(NC(=S)/C(=C(/[O-])c2ccc(Cl)s2)[n+]2ccccc2)cc1. The molecule has 0 radical (unpaired) electrons. The highest BCUT2D eigenvalue weighted by molar-refractivity contribution is 7.81. The van der Waals surface area contributed by atoms with E-state index in [9.17, 15) is 5.11 Å². The van der Waals surface area contributed by atoms with Crippen LogP contribution in [-0.2, 0) is 0 Å². The van der Waals surface area contributed by atoms with Crippen molar-refractivity contribution in [1.82, 2.24) is 0 Å². The van der Waals surface area contributed by atoms with E-state index >= 15 is 0 Å². The average molecular weight is 387 g/mol. The van der Waals surface area contributed by atoms with Crippen molar-refractivity contribution in [3.63, 3.8) is 0 Å². The van der Waals surface area contributed by atoms with E-state index in [-0.39, 0.29) is 5.76 Å². The zero-order valence-electron chi connectivity index (χ0n) is 13.4. The fourth-order valence-corrected chi connectivity index (χ4v) is 3.57. The Bertz CT molecular complexity index is 918. The molecule has 0 unspecified atom stereocenters. The molecule has 0 aliphatic carbocycles. The fourth-order valence-electron chi connectivity index (χ4n) is 2.27. The van der Waals surface area contributed by atoms with Gasteiger partial charge in [-0.3, -0.25) is 0 Å². The topological polar surface area (TPSA) is 39.0 Å². The number of aryl methyl sites for hydroxylation is 1. The van der Waals surface area contributed by atoms with Gasteiger partial charge < -0.3 is 10.4 Å². The number of anilines is 1. The quantitative estimate of drug-likeness (QED) is 0.317. The molecular weight excluding hydrogens is 372 g/mol. The molecule has 25 heavy (non-hydrogen) atoms. The monoisotopic (exact) mass is 386 g/mol. The molecule has 2 heterocycles. The molecule has 6 heteroatoms. The lowest BCUT2D eigenvalue weighted by atomic mass is 10.2. The maximum Gasteiger partial charge on any atom is 0.239 e. The van der Waals surface area contributed by atoms with Crippen LogP contribution in [0.25, 0.3) is 11.5 Å². The number of halogens is 1. The van der Waals surface area contributed by atoms with E-state index in [1.807, 2.05) is 49.4 Å². The maximum atomic E-state index is 13.0. The minimum absolute atomic E-state index is 0.169. The Hall–Kier alpha value is -2.21. The Kier molecular flexibility index (Phi) is 5.48. The number of hydrogen-bond acceptors (Lipinski definition) is 3. The molecule has 0 aliphatic heterocycles. The molecule has 0 saturated carbocycles. The van der Waals surface area contributed by atoms with E-state index in [1.165, 1.54) is 11.3 Å². The van der Waals surface area contributed by atoms with E-state index in [1.54, 1.807) is 29.1 Å². The Morgan fingerprint density at radius 2 is 1.76 bits per heavy atom. The summed E-state index contributed by atoms with van der Waals surface area (Å²) in [7, 11) is 0. The number of nitrogens with zero attached hydrogens (tertiary/aromatic N) is 1. The molecule has 126 valence electrons. The summed E-state index contributed by atoms with van der Waals surface area (Å²) < 4.78 is 2.29. The highest BCUT2D eigenvalue weighted by Crippen LogP contribution is 2.27. The predicted molar refractivity (Wildman–Crippen MR) is 106 cm³/mol. The van der Waals surface area contributed by atoms with E-state index in [2.05, 4.69) is 5.32 Å². The van der Waals surface area contributed by atoms with Crippen molar-refractivity contribution >= 4 is 57.3 Å². The molecule has 0 bridgehead atoms. The first-order valence-corrected chi connectivity index (χ1v) is 9.16. The van der Waals surface area contributed by atoms with E-state index in [0.717, 1.165) is 11.3 Å². The van der Waals surface area contributed by atoms with Crippen LogP contribution in [0.2, 0.25) is 4.34 Å². The number of rotatable bonds is 4. The number of nitrogens with one attached hydrogen (secondary N) is 1. The third kappa shape index (κ3) is 4.25. The van der Waals surface area contributed by atoms with Crippen molar-refractivity contribution in [3.05, 3.63) is 81.8 Å². The van der Waals surface area contributed by atoms with Crippen LogP contribution in [-0.4, -0.2) is 4.99 Å². The highest BCUT2D eigenvalue weighted by atomic mass is 35.5. The van der Waals surface area contributed by atoms with E-state index in [0.29, 0.717) is 19.9 Å². The highest BCUT2D eigenvalue weighted by Gasteiger charge is 2.19. The Morgan fingerprint density at radius 3 is 2.36 bits per heavy atom. The van der Waals surface area contributed by atoms with Crippen LogP contribution in [0.5, 0.6) is 0 Å². The summed E-state index contributed by atoms with van der Waals surface area (Å²) >= 11 is 12.8. The molecule has 3 rings (SSSR count). The number of thiophene rings is 1. The summed E-state index contributed by atoms with van der Waals surface area (Å²) in [5.41, 5.74) is 2.37. The number of thiocarbonyl (C=S) groups is 1. The fraction of sp³-hybridized carbons (Fsp3) is 0.0526. The van der Waals surface area contributed by atoms with Gasteiger partial charge in [0.15, 0.2) is 17.4 Å². The summed E-state index contributed by atoms with van der Waals surface area (Å²) in [5.74, 6) is -0.169. The first-order valence-electron chi connectivity index (χ1n) is 7.56. The molecule has 0 spiro atoms. The van der Waals surface area contributed by atoms with Gasteiger partial charge in [-0.15, -0.1) is 11.3 Å². The Labute approximate surface area is 160 Å². The lowest BCUT2D eigenvalue weighted by Gasteiger charge is -2.15. The number of pyridine rings is 1. The molecule has 0 amide bonds. The minimum Gasteiger partial charge on any atom is -0.867 e. The molecule has 1 N–H and O–H groups in total. The van der Waals surface area contributed by atoms with Crippen molar-refractivity contribution in [1.29, 1.82) is 0 Å². The average Bonchev–Trinajstić information content (AvgIpc) is 3.04. The lowest BCUT2D eigenvalue weighted by molar-refractivity contribution is -0.577. The second kappa shape index (κ2) is 7.78. The number of aromatic nitrogens is 1. The summed E-state index contributed by atoms with van der Waals surface area (Å²) in [4.78, 5) is 0.902. The van der Waals surface area contributed by atoms with Crippen LogP contribution in [0.3, 0.4) is 0 Å². The van der Waals surface area contributed by atoms with Gasteiger partial charge in [-0.1, -0.05) is 47.6 Å². The standard InChI is InChI=1S/C19H15ClN2OS2/c1-13-5-7-14(8-6-13)21-19(24)17(22-11-3-2-4-12-22)18(23)15-9-10-16(20)25-15/h2-12H,1H3,(H-,21,23,24). The smallest absolute Gasteiger partial charge is 0.239 e. The third-order valence-corrected chi connectivity index (χ3v) is 5.04. The summed E-state index contributed by atoms with van der Waals surface area (Å²) in [6.45, 7) is 2.02. The zero-order chi connectivity index (χ0) is 17.8. The third-order valence-electron chi connectivity index (χ3n) is 3.51. The van der Waals surface area contributed by atoms with Gasteiger partial charge in [-0.2, -0.15) is 4.57 Å². The van der Waals surface area contributed by atoms with Crippen LogP contribution in [0, 0.1) is 6.92 Å². The molecule has 0 saturated heterocycles. The van der Waals surface area contributed by atoms with Gasteiger partial charge in [-0.25, -0.2) is 0 Å². The molecule has 0 fully saturated rings. The van der Waals surface area contributed by atoms with Crippen LogP contribution < -0.4 is 15.0 Å². The van der Waals surface area contributed by atoms with Gasteiger partial charge >= 0.3 is 0 Å². The lowest BCUT2D eigenvalue weighted by Crippen LogP contribution is -2.39. The first kappa shape index (κ1) is 17.6. The predicted octanol–water partition coefficient (Wildman–Crippen LogP) is 4.12. The molecule has 0 aliphatic rings. The van der Waals surface area contributed by atoms with Crippen molar-refractivity contribution < 1.29 is 9.67 Å². The van der Waals surface area contributed by atoms with Gasteiger partial charge in [0.2, 0.25) is 5.70 Å². The number of hydrogen-bond donors (Lipinski definition) is 1. The molecule has 0 atom stereocenters. The second-order valence-corrected chi connectivity index (χ2v) is 7.51. The van der Waals surface area contributed by atoms with Crippen molar-refractivity contribution in [3.8, 4) is 0 Å². The largest absolute Gasteiger partial charge is 0.867 e. The zero-order valence-corrected chi connectivity index (χ0v) is 15.8. The van der Waals surface area contributed by atoms with Gasteiger partial charge in [0.1, 0.15) is 0 Å². The first-order chi connectivity index (χ1) is 12.0. The van der Waals surface area contributed by atoms with Gasteiger partial charge in [0, 0.05) is 22.7 Å². The van der Waals surface area contributed by atoms with Crippen molar-refractivity contribution in [2.24, 2.45) is 0 Å². The normalized spacial score (nSPS) is 11.8.